The number of nitrogens with zero attached hydrogens (tertiary/aromatic N) is 1. The van der Waals surface area contributed by atoms with E-state index in [1.165, 1.54) is 0 Å². The third-order valence-electron chi connectivity index (χ3n) is 2.98. The largest absolute Gasteiger partial charge is 0.383 e. The van der Waals surface area contributed by atoms with Gasteiger partial charge in [0.25, 0.3) is 0 Å². The van der Waals surface area contributed by atoms with Crippen LogP contribution in [0.2, 0.25) is 0 Å². The zero-order valence-corrected chi connectivity index (χ0v) is 11.9. The SMILES string of the molecule is CN(C)/C=C(/C(=O)Cc1ccccc1)c1ccccc1. The van der Waals surface area contributed by atoms with Gasteiger partial charge in [0.15, 0.2) is 5.78 Å². The first-order valence-corrected chi connectivity index (χ1v) is 6.67. The van der Waals surface area contributed by atoms with E-state index in [4.69, 9.17) is 0 Å². The highest BCUT2D eigenvalue weighted by molar-refractivity contribution is 6.21. The number of hydrogen-bond donors (Lipinski definition) is 0. The molecule has 2 rings (SSSR count). The molecule has 0 amide bonds. The van der Waals surface area contributed by atoms with E-state index in [0.29, 0.717) is 6.42 Å². The Balaban J connectivity index is 2.26. The number of allylic oxidation sites excluding steroid dienone is 1. The third kappa shape index (κ3) is 3.82. The monoisotopic (exact) mass is 265 g/mol. The van der Waals surface area contributed by atoms with E-state index >= 15 is 0 Å². The zero-order chi connectivity index (χ0) is 14.4. The molecule has 0 unspecified atom stereocenters. The summed E-state index contributed by atoms with van der Waals surface area (Å²) < 4.78 is 0. The Kier molecular flexibility index (Phi) is 4.72. The molecule has 0 radical (unpaired) electrons. The second-order valence-electron chi connectivity index (χ2n) is 4.96. The average Bonchev–Trinajstić information content (AvgIpc) is 2.46. The Morgan fingerprint density at radius 2 is 1.50 bits per heavy atom. The number of ketones is 1. The summed E-state index contributed by atoms with van der Waals surface area (Å²) in [6.45, 7) is 0. The second kappa shape index (κ2) is 6.71. The predicted octanol–water partition coefficient (Wildman–Crippen LogP) is 3.40. The Morgan fingerprint density at radius 1 is 0.950 bits per heavy atom. The van der Waals surface area contributed by atoms with Crippen LogP contribution < -0.4 is 0 Å². The molecule has 0 saturated heterocycles. The summed E-state index contributed by atoms with van der Waals surface area (Å²) in [6.07, 6.45) is 2.32. The Bertz CT molecular complexity index is 585. The zero-order valence-electron chi connectivity index (χ0n) is 11.9. The van der Waals surface area contributed by atoms with Crippen LogP contribution in [0.4, 0.5) is 0 Å². The van der Waals surface area contributed by atoms with Gasteiger partial charge in [-0.1, -0.05) is 60.7 Å². The third-order valence-corrected chi connectivity index (χ3v) is 2.98. The maximum atomic E-state index is 12.6. The van der Waals surface area contributed by atoms with Gasteiger partial charge in [0.1, 0.15) is 0 Å². The minimum atomic E-state index is 0.135. The fourth-order valence-electron chi connectivity index (χ4n) is 2.06. The highest BCUT2D eigenvalue weighted by Crippen LogP contribution is 2.18. The number of benzene rings is 2. The van der Waals surface area contributed by atoms with Crippen molar-refractivity contribution < 1.29 is 4.79 Å². The van der Waals surface area contributed by atoms with E-state index in [2.05, 4.69) is 0 Å². The number of carbonyl (C=O) groups excluding carboxylic acids is 1. The summed E-state index contributed by atoms with van der Waals surface area (Å²) in [4.78, 5) is 14.5. The van der Waals surface area contributed by atoms with E-state index in [-0.39, 0.29) is 5.78 Å². The van der Waals surface area contributed by atoms with Gasteiger partial charge in [-0.15, -0.1) is 0 Å². The van der Waals surface area contributed by atoms with Crippen molar-refractivity contribution in [2.24, 2.45) is 0 Å². The molecule has 0 atom stereocenters. The van der Waals surface area contributed by atoms with Crippen molar-refractivity contribution in [1.82, 2.24) is 4.90 Å². The van der Waals surface area contributed by atoms with Crippen LogP contribution >= 0.6 is 0 Å². The highest BCUT2D eigenvalue weighted by atomic mass is 16.1. The van der Waals surface area contributed by atoms with E-state index in [1.807, 2.05) is 85.9 Å². The molecule has 0 bridgehead atoms. The first-order valence-electron chi connectivity index (χ1n) is 6.67. The lowest BCUT2D eigenvalue weighted by Gasteiger charge is -2.12. The molecule has 20 heavy (non-hydrogen) atoms. The van der Waals surface area contributed by atoms with Crippen LogP contribution in [-0.2, 0) is 11.2 Å². The molecule has 2 aromatic carbocycles. The molecule has 2 aromatic rings. The maximum Gasteiger partial charge on any atom is 0.169 e. The van der Waals surface area contributed by atoms with Crippen LogP contribution in [0.1, 0.15) is 11.1 Å². The molecule has 102 valence electrons. The van der Waals surface area contributed by atoms with Gasteiger partial charge in [-0.3, -0.25) is 4.79 Å². The van der Waals surface area contributed by atoms with E-state index < -0.39 is 0 Å². The highest BCUT2D eigenvalue weighted by Gasteiger charge is 2.12. The molecule has 0 aliphatic carbocycles. The molecule has 0 saturated carbocycles. The summed E-state index contributed by atoms with van der Waals surface area (Å²) in [7, 11) is 3.86. The normalized spacial score (nSPS) is 11.2. The first kappa shape index (κ1) is 14.1. The van der Waals surface area contributed by atoms with Crippen molar-refractivity contribution in [2.75, 3.05) is 14.1 Å². The standard InChI is InChI=1S/C18H19NO/c1-19(2)14-17(16-11-7-4-8-12-16)18(20)13-15-9-5-3-6-10-15/h3-12,14H,13H2,1-2H3/b17-14+. The number of rotatable bonds is 5. The topological polar surface area (TPSA) is 20.3 Å². The Morgan fingerprint density at radius 3 is 2.05 bits per heavy atom. The van der Waals surface area contributed by atoms with Crippen molar-refractivity contribution in [2.45, 2.75) is 6.42 Å². The van der Waals surface area contributed by atoms with Gasteiger partial charge in [-0.2, -0.15) is 0 Å². The molecule has 0 heterocycles. The molecular weight excluding hydrogens is 246 g/mol. The maximum absolute atomic E-state index is 12.6. The summed E-state index contributed by atoms with van der Waals surface area (Å²) in [6, 6.07) is 19.6. The molecule has 0 N–H and O–H groups in total. The Hall–Kier alpha value is -2.35. The van der Waals surface area contributed by atoms with Crippen molar-refractivity contribution in [3.8, 4) is 0 Å². The van der Waals surface area contributed by atoms with Crippen LogP contribution in [-0.4, -0.2) is 24.8 Å². The molecular formula is C18H19NO. The fraction of sp³-hybridized carbons (Fsp3) is 0.167. The molecule has 0 aliphatic rings. The number of Topliss-reactive ketones (excluding diaryl/α,β-unsaturated/α-hetero) is 1. The molecule has 0 fully saturated rings. The van der Waals surface area contributed by atoms with Crippen LogP contribution in [0, 0.1) is 0 Å². The minimum absolute atomic E-state index is 0.135. The van der Waals surface area contributed by atoms with Gasteiger partial charge in [-0.05, 0) is 11.1 Å². The first-order chi connectivity index (χ1) is 9.66. The van der Waals surface area contributed by atoms with Gasteiger partial charge >= 0.3 is 0 Å². The van der Waals surface area contributed by atoms with Crippen molar-refractivity contribution >= 4 is 11.4 Å². The number of carbonyl (C=O) groups is 1. The molecule has 2 heteroatoms. The quantitative estimate of drug-likeness (QED) is 0.772. The number of hydrogen-bond acceptors (Lipinski definition) is 2. The van der Waals surface area contributed by atoms with Crippen LogP contribution in [0.5, 0.6) is 0 Å². The lowest BCUT2D eigenvalue weighted by Crippen LogP contribution is -2.11. The van der Waals surface area contributed by atoms with Crippen molar-refractivity contribution in [3.05, 3.63) is 78.0 Å². The fourth-order valence-corrected chi connectivity index (χ4v) is 2.06. The summed E-state index contributed by atoms with van der Waals surface area (Å²) in [5.74, 6) is 0.135. The van der Waals surface area contributed by atoms with E-state index in [9.17, 15) is 4.79 Å². The van der Waals surface area contributed by atoms with E-state index in [0.717, 1.165) is 16.7 Å². The van der Waals surface area contributed by atoms with Gasteiger partial charge in [-0.25, -0.2) is 0 Å². The van der Waals surface area contributed by atoms with Crippen LogP contribution in [0.3, 0.4) is 0 Å². The molecule has 2 nitrogen and oxygen atoms in total. The molecule has 0 aromatic heterocycles. The summed E-state index contributed by atoms with van der Waals surface area (Å²) in [5.41, 5.74) is 2.75. The summed E-state index contributed by atoms with van der Waals surface area (Å²) in [5, 5.41) is 0. The van der Waals surface area contributed by atoms with Gasteiger partial charge < -0.3 is 4.90 Å². The van der Waals surface area contributed by atoms with Gasteiger partial charge in [0.05, 0.1) is 0 Å². The van der Waals surface area contributed by atoms with Crippen LogP contribution in [0.15, 0.2) is 66.9 Å². The smallest absolute Gasteiger partial charge is 0.169 e. The van der Waals surface area contributed by atoms with Crippen molar-refractivity contribution in [1.29, 1.82) is 0 Å². The van der Waals surface area contributed by atoms with Crippen molar-refractivity contribution in [3.63, 3.8) is 0 Å². The predicted molar refractivity (Wildman–Crippen MR) is 83.3 cm³/mol. The van der Waals surface area contributed by atoms with Gasteiger partial charge in [0.2, 0.25) is 0 Å². The minimum Gasteiger partial charge on any atom is -0.383 e. The van der Waals surface area contributed by atoms with E-state index in [1.54, 1.807) is 0 Å². The molecule has 0 spiro atoms. The lowest BCUT2D eigenvalue weighted by molar-refractivity contribution is -0.113. The van der Waals surface area contributed by atoms with Gasteiger partial charge in [0, 0.05) is 32.3 Å². The Labute approximate surface area is 120 Å². The average molecular weight is 265 g/mol. The lowest BCUT2D eigenvalue weighted by atomic mass is 9.97. The second-order valence-corrected chi connectivity index (χ2v) is 4.96. The molecule has 0 aliphatic heterocycles. The summed E-state index contributed by atoms with van der Waals surface area (Å²) >= 11 is 0. The van der Waals surface area contributed by atoms with Crippen LogP contribution in [0.25, 0.3) is 5.57 Å².